The fourth-order valence-corrected chi connectivity index (χ4v) is 2.75. The minimum atomic E-state index is 0.470. The molecule has 1 aliphatic heterocycles. The highest BCUT2D eigenvalue weighted by molar-refractivity contribution is 5.36. The maximum absolute atomic E-state index is 5.99. The summed E-state index contributed by atoms with van der Waals surface area (Å²) in [6.07, 6.45) is 6.25. The highest BCUT2D eigenvalue weighted by Gasteiger charge is 2.14. The quantitative estimate of drug-likeness (QED) is 0.701. The van der Waals surface area contributed by atoms with E-state index in [0.29, 0.717) is 6.10 Å². The van der Waals surface area contributed by atoms with Gasteiger partial charge in [-0.25, -0.2) is 0 Å². The molecule has 21 heavy (non-hydrogen) atoms. The Bertz CT molecular complexity index is 414. The fourth-order valence-electron chi connectivity index (χ4n) is 2.75. The Morgan fingerprint density at radius 2 is 2.29 bits per heavy atom. The van der Waals surface area contributed by atoms with Crippen molar-refractivity contribution in [2.24, 2.45) is 0 Å². The predicted octanol–water partition coefficient (Wildman–Crippen LogP) is 3.83. The van der Waals surface area contributed by atoms with Crippen molar-refractivity contribution in [3.05, 3.63) is 29.3 Å². The molecule has 1 aromatic carbocycles. The zero-order chi connectivity index (χ0) is 14.9. The Morgan fingerprint density at radius 1 is 1.38 bits per heavy atom. The van der Waals surface area contributed by atoms with Gasteiger partial charge in [-0.1, -0.05) is 24.6 Å². The van der Waals surface area contributed by atoms with Crippen LogP contribution in [-0.4, -0.2) is 25.9 Å². The number of hydrogen-bond acceptors (Lipinski definition) is 3. The van der Waals surface area contributed by atoms with Crippen molar-refractivity contribution >= 4 is 0 Å². The first-order chi connectivity index (χ1) is 10.3. The second-order valence-corrected chi connectivity index (χ2v) is 5.91. The van der Waals surface area contributed by atoms with Crippen LogP contribution >= 0.6 is 0 Å². The summed E-state index contributed by atoms with van der Waals surface area (Å²) >= 11 is 0. The molecule has 0 saturated carbocycles. The number of benzene rings is 1. The maximum Gasteiger partial charge on any atom is 0.123 e. The van der Waals surface area contributed by atoms with Gasteiger partial charge >= 0.3 is 0 Å². The van der Waals surface area contributed by atoms with E-state index in [4.69, 9.17) is 9.47 Å². The van der Waals surface area contributed by atoms with E-state index in [1.165, 1.54) is 24.0 Å². The van der Waals surface area contributed by atoms with Crippen LogP contribution in [0.2, 0.25) is 0 Å². The Labute approximate surface area is 129 Å². The molecule has 0 bridgehead atoms. The normalized spacial score (nSPS) is 18.1. The predicted molar refractivity (Wildman–Crippen MR) is 86.9 cm³/mol. The summed E-state index contributed by atoms with van der Waals surface area (Å²) in [7, 11) is 0. The summed E-state index contributed by atoms with van der Waals surface area (Å²) in [6.45, 7) is 7.97. The third-order valence-electron chi connectivity index (χ3n) is 3.91. The Kier molecular flexibility index (Phi) is 7.04. The van der Waals surface area contributed by atoms with Gasteiger partial charge in [-0.05, 0) is 51.6 Å². The third kappa shape index (κ3) is 5.68. The zero-order valence-electron chi connectivity index (χ0n) is 13.5. The van der Waals surface area contributed by atoms with E-state index in [-0.39, 0.29) is 0 Å². The van der Waals surface area contributed by atoms with E-state index < -0.39 is 0 Å². The van der Waals surface area contributed by atoms with E-state index >= 15 is 0 Å². The number of aryl methyl sites for hydroxylation is 1. The van der Waals surface area contributed by atoms with Gasteiger partial charge in [0.1, 0.15) is 5.75 Å². The monoisotopic (exact) mass is 291 g/mol. The van der Waals surface area contributed by atoms with Crippen LogP contribution < -0.4 is 10.1 Å². The molecule has 1 heterocycles. The molecule has 0 amide bonds. The van der Waals surface area contributed by atoms with Crippen LogP contribution in [-0.2, 0) is 11.3 Å². The molecule has 0 aliphatic carbocycles. The highest BCUT2D eigenvalue weighted by atomic mass is 16.5. The molecular formula is C18H29NO2. The second-order valence-electron chi connectivity index (χ2n) is 5.91. The molecule has 1 aliphatic rings. The molecular weight excluding hydrogens is 262 g/mol. The topological polar surface area (TPSA) is 30.5 Å². The fraction of sp³-hybridized carbons (Fsp3) is 0.667. The first-order valence-corrected chi connectivity index (χ1v) is 8.34. The van der Waals surface area contributed by atoms with E-state index in [0.717, 1.165) is 51.3 Å². The smallest absolute Gasteiger partial charge is 0.123 e. The van der Waals surface area contributed by atoms with Gasteiger partial charge in [-0.3, -0.25) is 0 Å². The molecule has 1 N–H and O–H groups in total. The van der Waals surface area contributed by atoms with Crippen molar-refractivity contribution in [1.82, 2.24) is 5.32 Å². The molecule has 0 spiro atoms. The van der Waals surface area contributed by atoms with Crippen LogP contribution in [0.5, 0.6) is 5.75 Å². The van der Waals surface area contributed by atoms with Crippen molar-refractivity contribution in [2.45, 2.75) is 58.6 Å². The summed E-state index contributed by atoms with van der Waals surface area (Å²) in [5, 5.41) is 3.45. The first-order valence-electron chi connectivity index (χ1n) is 8.34. The van der Waals surface area contributed by atoms with Crippen molar-refractivity contribution in [2.75, 3.05) is 19.8 Å². The minimum Gasteiger partial charge on any atom is -0.493 e. The van der Waals surface area contributed by atoms with Gasteiger partial charge in [0.2, 0.25) is 0 Å². The molecule has 0 aromatic heterocycles. The average molecular weight is 291 g/mol. The molecule has 3 heteroatoms. The van der Waals surface area contributed by atoms with Gasteiger partial charge in [0, 0.05) is 18.7 Å². The molecule has 1 saturated heterocycles. The van der Waals surface area contributed by atoms with Gasteiger partial charge in [0.25, 0.3) is 0 Å². The molecule has 0 radical (unpaired) electrons. The van der Waals surface area contributed by atoms with Gasteiger partial charge in [0.15, 0.2) is 0 Å². The number of rotatable bonds is 9. The molecule has 1 unspecified atom stereocenters. The van der Waals surface area contributed by atoms with Crippen LogP contribution in [0, 0.1) is 6.92 Å². The standard InChI is InChI=1S/C18H29NO2/c1-3-10-19-14-16-13-15(2)8-9-18(16)21-12-5-7-17-6-4-11-20-17/h8-9,13,17,19H,3-7,10-12,14H2,1-2H3. The summed E-state index contributed by atoms with van der Waals surface area (Å²) in [4.78, 5) is 0. The van der Waals surface area contributed by atoms with Crippen LogP contribution in [0.25, 0.3) is 0 Å². The Hall–Kier alpha value is -1.06. The molecule has 1 atom stereocenters. The SMILES string of the molecule is CCCNCc1cc(C)ccc1OCCCC1CCCO1. The maximum atomic E-state index is 5.99. The first kappa shape index (κ1) is 16.3. The molecule has 1 fully saturated rings. The largest absolute Gasteiger partial charge is 0.493 e. The van der Waals surface area contributed by atoms with Crippen molar-refractivity contribution in [3.63, 3.8) is 0 Å². The van der Waals surface area contributed by atoms with E-state index in [9.17, 15) is 0 Å². The summed E-state index contributed by atoms with van der Waals surface area (Å²) in [6, 6.07) is 6.45. The number of hydrogen-bond donors (Lipinski definition) is 1. The Balaban J connectivity index is 1.77. The number of nitrogens with one attached hydrogen (secondary N) is 1. The summed E-state index contributed by atoms with van der Waals surface area (Å²) in [5.74, 6) is 1.02. The van der Waals surface area contributed by atoms with Gasteiger partial charge in [-0.2, -0.15) is 0 Å². The lowest BCUT2D eigenvalue weighted by molar-refractivity contribution is 0.0981. The third-order valence-corrected chi connectivity index (χ3v) is 3.91. The molecule has 2 rings (SSSR count). The minimum absolute atomic E-state index is 0.470. The van der Waals surface area contributed by atoms with Crippen LogP contribution in [0.4, 0.5) is 0 Å². The lowest BCUT2D eigenvalue weighted by Gasteiger charge is -2.14. The van der Waals surface area contributed by atoms with Crippen molar-refractivity contribution < 1.29 is 9.47 Å². The van der Waals surface area contributed by atoms with Crippen LogP contribution in [0.3, 0.4) is 0 Å². The molecule has 3 nitrogen and oxygen atoms in total. The number of ether oxygens (including phenoxy) is 2. The summed E-state index contributed by atoms with van der Waals surface area (Å²) in [5.41, 5.74) is 2.55. The zero-order valence-corrected chi connectivity index (χ0v) is 13.5. The van der Waals surface area contributed by atoms with E-state index in [2.05, 4.69) is 37.4 Å². The van der Waals surface area contributed by atoms with E-state index in [1.54, 1.807) is 0 Å². The van der Waals surface area contributed by atoms with Gasteiger partial charge < -0.3 is 14.8 Å². The lowest BCUT2D eigenvalue weighted by Crippen LogP contribution is -2.15. The van der Waals surface area contributed by atoms with Crippen LogP contribution in [0.1, 0.15) is 50.2 Å². The van der Waals surface area contributed by atoms with Crippen LogP contribution in [0.15, 0.2) is 18.2 Å². The molecule has 118 valence electrons. The van der Waals surface area contributed by atoms with Gasteiger partial charge in [0.05, 0.1) is 12.7 Å². The van der Waals surface area contributed by atoms with Crippen molar-refractivity contribution in [3.8, 4) is 5.75 Å². The Morgan fingerprint density at radius 3 is 3.05 bits per heavy atom. The lowest BCUT2D eigenvalue weighted by atomic mass is 10.1. The second kappa shape index (κ2) is 9.06. The van der Waals surface area contributed by atoms with Gasteiger partial charge in [-0.15, -0.1) is 0 Å². The molecule has 1 aromatic rings. The average Bonchev–Trinajstić information content (AvgIpc) is 2.99. The van der Waals surface area contributed by atoms with Crippen molar-refractivity contribution in [1.29, 1.82) is 0 Å². The van der Waals surface area contributed by atoms with E-state index in [1.807, 2.05) is 0 Å². The summed E-state index contributed by atoms with van der Waals surface area (Å²) < 4.78 is 11.6. The highest BCUT2D eigenvalue weighted by Crippen LogP contribution is 2.21.